The molecule has 1 N–H and O–H groups in total. The van der Waals surface area contributed by atoms with Crippen LogP contribution in [0.25, 0.3) is 0 Å². The monoisotopic (exact) mass is 235 g/mol. The van der Waals surface area contributed by atoms with Gasteiger partial charge in [0.05, 0.1) is 0 Å². The molecule has 0 saturated carbocycles. The second-order valence-corrected chi connectivity index (χ2v) is 4.32. The summed E-state index contributed by atoms with van der Waals surface area (Å²) >= 11 is 0. The first-order valence-corrected chi connectivity index (χ1v) is 5.97. The zero-order chi connectivity index (χ0) is 13.0. The minimum absolute atomic E-state index is 0.0597. The molecule has 0 spiro atoms. The Morgan fingerprint density at radius 3 is 2.59 bits per heavy atom. The van der Waals surface area contributed by atoms with E-state index in [2.05, 4.69) is 10.3 Å². The van der Waals surface area contributed by atoms with Crippen LogP contribution in [0.4, 0.5) is 5.82 Å². The number of anilines is 1. The number of pyridine rings is 1. The van der Waals surface area contributed by atoms with Crippen LogP contribution in [0.1, 0.15) is 36.8 Å². The topological polar surface area (TPSA) is 45.2 Å². The predicted molar refractivity (Wildman–Crippen MR) is 70.4 cm³/mol. The van der Waals surface area contributed by atoms with Gasteiger partial charge in [-0.2, -0.15) is 0 Å². The zero-order valence-corrected chi connectivity index (χ0v) is 11.2. The summed E-state index contributed by atoms with van der Waals surface area (Å²) in [6, 6.07) is 3.83. The fraction of sp³-hybridized carbons (Fsp3) is 0.538. The highest BCUT2D eigenvalue weighted by Crippen LogP contribution is 2.13. The summed E-state index contributed by atoms with van der Waals surface area (Å²) in [6.45, 7) is 8.64. The lowest BCUT2D eigenvalue weighted by Crippen LogP contribution is -2.36. The van der Waals surface area contributed by atoms with E-state index >= 15 is 0 Å². The van der Waals surface area contributed by atoms with Crippen molar-refractivity contribution in [3.8, 4) is 0 Å². The van der Waals surface area contributed by atoms with Gasteiger partial charge in [0.15, 0.2) is 0 Å². The van der Waals surface area contributed by atoms with Crippen molar-refractivity contribution >= 4 is 11.7 Å². The smallest absolute Gasteiger partial charge is 0.254 e. The maximum Gasteiger partial charge on any atom is 0.254 e. The van der Waals surface area contributed by atoms with Crippen molar-refractivity contribution in [2.24, 2.45) is 0 Å². The van der Waals surface area contributed by atoms with Gasteiger partial charge in [0.2, 0.25) is 0 Å². The molecule has 94 valence electrons. The standard InChI is InChI=1S/C13H21N3O/c1-6-16(9(2)3)13(17)11-7-10(4)15-12(8-11)14-5/h7-9H,6H2,1-5H3,(H,14,15). The number of carbonyl (C=O) groups is 1. The molecule has 1 heterocycles. The SMILES string of the molecule is CCN(C(=O)c1cc(C)nc(NC)c1)C(C)C. The van der Waals surface area contributed by atoms with Crippen molar-refractivity contribution in [2.75, 3.05) is 18.9 Å². The normalized spacial score (nSPS) is 10.5. The fourth-order valence-electron chi connectivity index (χ4n) is 1.83. The molecule has 0 aromatic carbocycles. The number of hydrogen-bond acceptors (Lipinski definition) is 3. The van der Waals surface area contributed by atoms with Crippen molar-refractivity contribution in [1.29, 1.82) is 0 Å². The predicted octanol–water partition coefficient (Wildman–Crippen LogP) is 2.30. The second-order valence-electron chi connectivity index (χ2n) is 4.32. The third-order valence-electron chi connectivity index (χ3n) is 2.68. The van der Waals surface area contributed by atoms with Crippen molar-refractivity contribution in [3.63, 3.8) is 0 Å². The Bertz CT molecular complexity index is 402. The average molecular weight is 235 g/mol. The molecule has 0 saturated heterocycles. The molecular weight excluding hydrogens is 214 g/mol. The minimum atomic E-state index is 0.0597. The van der Waals surface area contributed by atoms with E-state index in [-0.39, 0.29) is 11.9 Å². The van der Waals surface area contributed by atoms with E-state index in [1.807, 2.05) is 38.7 Å². The highest BCUT2D eigenvalue weighted by molar-refractivity contribution is 5.95. The Balaban J connectivity index is 3.06. The van der Waals surface area contributed by atoms with Crippen LogP contribution in [0.3, 0.4) is 0 Å². The second kappa shape index (κ2) is 5.66. The summed E-state index contributed by atoms with van der Waals surface area (Å²) in [4.78, 5) is 18.4. The van der Waals surface area contributed by atoms with Gasteiger partial charge in [-0.3, -0.25) is 4.79 Å². The molecule has 1 rings (SSSR count). The van der Waals surface area contributed by atoms with Crippen molar-refractivity contribution in [3.05, 3.63) is 23.4 Å². The van der Waals surface area contributed by atoms with E-state index in [9.17, 15) is 4.79 Å². The Labute approximate surface area is 103 Å². The third-order valence-corrected chi connectivity index (χ3v) is 2.68. The Morgan fingerprint density at radius 1 is 1.47 bits per heavy atom. The number of nitrogens with zero attached hydrogens (tertiary/aromatic N) is 2. The summed E-state index contributed by atoms with van der Waals surface area (Å²) in [7, 11) is 1.80. The molecule has 0 aliphatic rings. The summed E-state index contributed by atoms with van der Waals surface area (Å²) in [6.07, 6.45) is 0. The van der Waals surface area contributed by atoms with Gasteiger partial charge in [0.1, 0.15) is 5.82 Å². The van der Waals surface area contributed by atoms with Gasteiger partial charge < -0.3 is 10.2 Å². The highest BCUT2D eigenvalue weighted by atomic mass is 16.2. The summed E-state index contributed by atoms with van der Waals surface area (Å²) in [5.74, 6) is 0.789. The van der Waals surface area contributed by atoms with Crippen LogP contribution >= 0.6 is 0 Å². The summed E-state index contributed by atoms with van der Waals surface area (Å²) in [5.41, 5.74) is 1.54. The highest BCUT2D eigenvalue weighted by Gasteiger charge is 2.17. The first-order chi connectivity index (χ1) is 7.99. The molecule has 0 aliphatic heterocycles. The summed E-state index contributed by atoms with van der Waals surface area (Å²) < 4.78 is 0. The number of hydrogen-bond donors (Lipinski definition) is 1. The number of carbonyl (C=O) groups excluding carboxylic acids is 1. The van der Waals surface area contributed by atoms with Crippen LogP contribution in [-0.2, 0) is 0 Å². The number of nitrogens with one attached hydrogen (secondary N) is 1. The van der Waals surface area contributed by atoms with Crippen LogP contribution in [0.5, 0.6) is 0 Å². The van der Waals surface area contributed by atoms with Gasteiger partial charge in [-0.15, -0.1) is 0 Å². The fourth-order valence-corrected chi connectivity index (χ4v) is 1.83. The van der Waals surface area contributed by atoms with Crippen LogP contribution in [0, 0.1) is 6.92 Å². The molecule has 1 aromatic heterocycles. The van der Waals surface area contributed by atoms with Crippen LogP contribution in [0.2, 0.25) is 0 Å². The molecule has 4 heteroatoms. The van der Waals surface area contributed by atoms with Gasteiger partial charge in [0, 0.05) is 30.9 Å². The van der Waals surface area contributed by atoms with Crippen LogP contribution in [-0.4, -0.2) is 35.4 Å². The lowest BCUT2D eigenvalue weighted by atomic mass is 10.1. The molecular formula is C13H21N3O. The quantitative estimate of drug-likeness (QED) is 0.871. The maximum atomic E-state index is 12.3. The minimum Gasteiger partial charge on any atom is -0.373 e. The van der Waals surface area contributed by atoms with E-state index in [1.165, 1.54) is 0 Å². The number of aromatic nitrogens is 1. The Morgan fingerprint density at radius 2 is 2.12 bits per heavy atom. The van der Waals surface area contributed by atoms with Crippen molar-refractivity contribution in [1.82, 2.24) is 9.88 Å². The molecule has 0 bridgehead atoms. The van der Waals surface area contributed by atoms with E-state index in [4.69, 9.17) is 0 Å². The zero-order valence-electron chi connectivity index (χ0n) is 11.2. The largest absolute Gasteiger partial charge is 0.373 e. The molecule has 0 aliphatic carbocycles. The molecule has 0 radical (unpaired) electrons. The van der Waals surface area contributed by atoms with Crippen LogP contribution < -0.4 is 5.32 Å². The molecule has 0 unspecified atom stereocenters. The van der Waals surface area contributed by atoms with Gasteiger partial charge in [-0.1, -0.05) is 0 Å². The Kier molecular flexibility index (Phi) is 4.49. The molecule has 17 heavy (non-hydrogen) atoms. The molecule has 1 amide bonds. The van der Waals surface area contributed by atoms with E-state index < -0.39 is 0 Å². The lowest BCUT2D eigenvalue weighted by Gasteiger charge is -2.25. The van der Waals surface area contributed by atoms with E-state index in [1.54, 1.807) is 13.1 Å². The van der Waals surface area contributed by atoms with Crippen LogP contribution in [0.15, 0.2) is 12.1 Å². The van der Waals surface area contributed by atoms with Gasteiger partial charge >= 0.3 is 0 Å². The number of rotatable bonds is 4. The number of aryl methyl sites for hydroxylation is 1. The van der Waals surface area contributed by atoms with Gasteiger partial charge in [-0.05, 0) is 39.8 Å². The first-order valence-electron chi connectivity index (χ1n) is 5.97. The van der Waals surface area contributed by atoms with Crippen molar-refractivity contribution in [2.45, 2.75) is 33.7 Å². The third kappa shape index (κ3) is 3.19. The average Bonchev–Trinajstić information content (AvgIpc) is 2.28. The molecule has 0 fully saturated rings. The van der Waals surface area contributed by atoms with E-state index in [0.29, 0.717) is 12.1 Å². The maximum absolute atomic E-state index is 12.3. The van der Waals surface area contributed by atoms with Crippen molar-refractivity contribution < 1.29 is 4.79 Å². The molecule has 4 nitrogen and oxygen atoms in total. The van der Waals surface area contributed by atoms with Gasteiger partial charge in [0.25, 0.3) is 5.91 Å². The lowest BCUT2D eigenvalue weighted by molar-refractivity contribution is 0.0716. The summed E-state index contributed by atoms with van der Waals surface area (Å²) in [5, 5.41) is 2.97. The number of amides is 1. The van der Waals surface area contributed by atoms with Gasteiger partial charge in [-0.25, -0.2) is 4.98 Å². The van der Waals surface area contributed by atoms with E-state index in [0.717, 1.165) is 11.5 Å². The first kappa shape index (κ1) is 13.5. The Hall–Kier alpha value is -1.58. The molecule has 1 aromatic rings. The molecule has 0 atom stereocenters.